The third kappa shape index (κ3) is 4.12. The van der Waals surface area contributed by atoms with Gasteiger partial charge in [0.25, 0.3) is 5.91 Å². The number of carbonyl (C=O) groups excluding carboxylic acids is 1. The standard InChI is InChI=1S/C20H28N4OS/c1-7-14(8-2)15(10-12(4)21)19-23-13(5)17(24-19)18-11(3)9-16(26-18)20(25)22-6/h9-10,14,21H,7-8H2,1-6H3,(H,22,25)(H,23,24)/p+1/b15-10-,21-12?. The third-order valence-corrected chi connectivity index (χ3v) is 5.79. The van der Waals surface area contributed by atoms with E-state index in [-0.39, 0.29) is 5.91 Å². The Morgan fingerprint density at radius 3 is 2.58 bits per heavy atom. The molecule has 26 heavy (non-hydrogen) atoms. The van der Waals surface area contributed by atoms with Gasteiger partial charge < -0.3 is 10.3 Å². The topological polar surface area (TPSA) is 83.4 Å². The van der Waals surface area contributed by atoms with Crippen LogP contribution in [0.25, 0.3) is 16.1 Å². The maximum absolute atomic E-state index is 11.9. The molecule has 5 nitrogen and oxygen atoms in total. The van der Waals surface area contributed by atoms with E-state index in [0.717, 1.165) is 51.8 Å². The van der Waals surface area contributed by atoms with Crippen LogP contribution in [0.4, 0.5) is 0 Å². The van der Waals surface area contributed by atoms with Crippen LogP contribution in [0.15, 0.2) is 12.1 Å². The van der Waals surface area contributed by atoms with Crippen LogP contribution >= 0.6 is 11.3 Å². The van der Waals surface area contributed by atoms with Crippen molar-refractivity contribution in [3.05, 3.63) is 34.1 Å². The lowest BCUT2D eigenvalue weighted by atomic mass is 9.92. The van der Waals surface area contributed by atoms with Crippen molar-refractivity contribution in [2.75, 3.05) is 7.05 Å². The van der Waals surface area contributed by atoms with Gasteiger partial charge in [0.2, 0.25) is 0 Å². The number of nitrogens with two attached hydrogens (primary N) is 1. The van der Waals surface area contributed by atoms with Crippen molar-refractivity contribution in [3.63, 3.8) is 0 Å². The number of carbonyl (C=O) groups is 1. The van der Waals surface area contributed by atoms with Gasteiger partial charge in [-0.05, 0) is 44.2 Å². The third-order valence-electron chi connectivity index (χ3n) is 4.55. The van der Waals surface area contributed by atoms with Crippen LogP contribution in [0.1, 0.15) is 60.4 Å². The number of thiophene rings is 1. The van der Waals surface area contributed by atoms with Crippen LogP contribution in [0, 0.1) is 19.8 Å². The number of aryl methyl sites for hydroxylation is 2. The molecule has 0 aliphatic carbocycles. The summed E-state index contributed by atoms with van der Waals surface area (Å²) in [4.78, 5) is 22.0. The second-order valence-electron chi connectivity index (χ2n) is 6.62. The molecule has 0 aliphatic rings. The Labute approximate surface area is 159 Å². The van der Waals surface area contributed by atoms with Crippen LogP contribution in [0.5, 0.6) is 0 Å². The fourth-order valence-corrected chi connectivity index (χ4v) is 4.29. The summed E-state index contributed by atoms with van der Waals surface area (Å²) in [6, 6.07) is 1.92. The maximum Gasteiger partial charge on any atom is 0.261 e. The molecule has 0 fully saturated rings. The minimum Gasteiger partial charge on any atom is -0.354 e. The molecule has 0 saturated carbocycles. The van der Waals surface area contributed by atoms with Gasteiger partial charge in [-0.2, -0.15) is 0 Å². The van der Waals surface area contributed by atoms with Crippen LogP contribution in [-0.4, -0.2) is 28.6 Å². The minimum absolute atomic E-state index is 0.0660. The van der Waals surface area contributed by atoms with E-state index < -0.39 is 0 Å². The largest absolute Gasteiger partial charge is 0.354 e. The van der Waals surface area contributed by atoms with Gasteiger partial charge in [0.15, 0.2) is 5.71 Å². The van der Waals surface area contributed by atoms with Crippen molar-refractivity contribution in [2.45, 2.75) is 47.5 Å². The second kappa shape index (κ2) is 8.45. The van der Waals surface area contributed by atoms with Gasteiger partial charge in [-0.1, -0.05) is 13.8 Å². The zero-order chi connectivity index (χ0) is 19.4. The molecule has 2 heterocycles. The molecule has 4 N–H and O–H groups in total. The summed E-state index contributed by atoms with van der Waals surface area (Å²) >= 11 is 1.47. The number of amides is 1. The average Bonchev–Trinajstić information content (AvgIpc) is 3.16. The van der Waals surface area contributed by atoms with Crippen LogP contribution in [-0.2, 0) is 0 Å². The first-order chi connectivity index (χ1) is 12.3. The maximum atomic E-state index is 11.9. The number of allylic oxidation sites excluding steroid dienone is 2. The molecular weight excluding hydrogens is 344 g/mol. The van der Waals surface area contributed by atoms with Gasteiger partial charge in [-0.15, -0.1) is 11.3 Å². The van der Waals surface area contributed by atoms with Crippen molar-refractivity contribution >= 4 is 28.5 Å². The van der Waals surface area contributed by atoms with Gasteiger partial charge >= 0.3 is 0 Å². The van der Waals surface area contributed by atoms with E-state index in [2.05, 4.69) is 24.1 Å². The molecule has 2 rings (SSSR count). The molecule has 2 aromatic rings. The fraction of sp³-hybridized carbons (Fsp3) is 0.450. The molecule has 0 saturated heterocycles. The van der Waals surface area contributed by atoms with E-state index >= 15 is 0 Å². The van der Waals surface area contributed by atoms with E-state index in [1.807, 2.05) is 32.9 Å². The highest BCUT2D eigenvalue weighted by Crippen LogP contribution is 2.35. The predicted octanol–water partition coefficient (Wildman–Crippen LogP) is 3.15. The summed E-state index contributed by atoms with van der Waals surface area (Å²) in [5, 5.41) is 8.65. The van der Waals surface area contributed by atoms with Gasteiger partial charge in [0.05, 0.1) is 9.75 Å². The van der Waals surface area contributed by atoms with E-state index in [9.17, 15) is 4.79 Å². The lowest BCUT2D eigenvalue weighted by Gasteiger charge is -2.14. The van der Waals surface area contributed by atoms with Crippen molar-refractivity contribution in [3.8, 4) is 10.6 Å². The number of hydrogen-bond acceptors (Lipinski definition) is 3. The summed E-state index contributed by atoms with van der Waals surface area (Å²) in [5.74, 6) is 1.20. The molecule has 0 bridgehead atoms. The zero-order valence-corrected chi connectivity index (χ0v) is 17.3. The molecule has 140 valence electrons. The summed E-state index contributed by atoms with van der Waals surface area (Å²) in [6.07, 6.45) is 4.09. The molecule has 0 aromatic carbocycles. The number of imidazole rings is 1. The van der Waals surface area contributed by atoms with Crippen LogP contribution in [0.3, 0.4) is 0 Å². The lowest BCUT2D eigenvalue weighted by molar-refractivity contribution is -0.112. The number of H-pyrrole nitrogens is 1. The van der Waals surface area contributed by atoms with Crippen molar-refractivity contribution in [1.29, 1.82) is 0 Å². The molecule has 1 amide bonds. The molecule has 2 aromatic heterocycles. The quantitative estimate of drug-likeness (QED) is 0.652. The number of nitrogens with zero attached hydrogens (tertiary/aromatic N) is 1. The second-order valence-corrected chi connectivity index (χ2v) is 7.67. The van der Waals surface area contributed by atoms with E-state index in [1.54, 1.807) is 7.05 Å². The monoisotopic (exact) mass is 373 g/mol. The van der Waals surface area contributed by atoms with E-state index in [4.69, 9.17) is 10.4 Å². The first-order valence-electron chi connectivity index (χ1n) is 9.02. The Hall–Kier alpha value is -2.21. The fourth-order valence-electron chi connectivity index (χ4n) is 3.12. The van der Waals surface area contributed by atoms with Gasteiger partial charge in [0, 0.05) is 31.3 Å². The Morgan fingerprint density at radius 1 is 1.38 bits per heavy atom. The Morgan fingerprint density at radius 2 is 2.04 bits per heavy atom. The molecule has 0 spiro atoms. The van der Waals surface area contributed by atoms with Gasteiger partial charge in [-0.3, -0.25) is 10.2 Å². The van der Waals surface area contributed by atoms with Gasteiger partial charge in [-0.25, -0.2) is 4.98 Å². The Kier molecular flexibility index (Phi) is 6.53. The average molecular weight is 374 g/mol. The van der Waals surface area contributed by atoms with Crippen LogP contribution < -0.4 is 10.7 Å². The SMILES string of the molecule is CCC(CC)/C(=C/C(C)=[NH2+])c1nc(-c2sc(C(=O)NC)cc2C)c(C)[nH]1. The van der Waals surface area contributed by atoms with Crippen LogP contribution in [0.2, 0.25) is 0 Å². The zero-order valence-electron chi connectivity index (χ0n) is 16.5. The minimum atomic E-state index is -0.0660. The molecule has 0 radical (unpaired) electrons. The number of rotatable bonds is 7. The van der Waals surface area contributed by atoms with E-state index in [0.29, 0.717) is 10.8 Å². The Balaban J connectivity index is 2.53. The first-order valence-corrected chi connectivity index (χ1v) is 9.84. The summed E-state index contributed by atoms with van der Waals surface area (Å²) in [6.45, 7) is 10.3. The number of aromatic nitrogens is 2. The number of hydrogen-bond donors (Lipinski definition) is 3. The van der Waals surface area contributed by atoms with Crippen molar-refractivity contribution in [1.82, 2.24) is 15.3 Å². The lowest BCUT2D eigenvalue weighted by Crippen LogP contribution is -2.36. The van der Waals surface area contributed by atoms with E-state index in [1.165, 1.54) is 11.3 Å². The molecule has 0 unspecified atom stereocenters. The predicted molar refractivity (Wildman–Crippen MR) is 109 cm³/mol. The summed E-state index contributed by atoms with van der Waals surface area (Å²) in [5.41, 5.74) is 4.88. The number of nitrogens with one attached hydrogen (secondary N) is 2. The Bertz CT molecular complexity index is 840. The highest BCUT2D eigenvalue weighted by Gasteiger charge is 2.21. The highest BCUT2D eigenvalue weighted by atomic mass is 32.1. The molecule has 6 heteroatoms. The molecule has 0 atom stereocenters. The summed E-state index contributed by atoms with van der Waals surface area (Å²) < 4.78 is 0. The molecular formula is C20H29N4OS+. The smallest absolute Gasteiger partial charge is 0.261 e. The molecule has 0 aliphatic heterocycles. The first kappa shape index (κ1) is 20.1. The van der Waals surface area contributed by atoms with Gasteiger partial charge in [0.1, 0.15) is 11.5 Å². The highest BCUT2D eigenvalue weighted by molar-refractivity contribution is 7.17. The number of aromatic amines is 1. The van der Waals surface area contributed by atoms with Crippen molar-refractivity contribution in [2.24, 2.45) is 5.92 Å². The normalized spacial score (nSPS) is 11.9. The summed E-state index contributed by atoms with van der Waals surface area (Å²) in [7, 11) is 1.65. The van der Waals surface area contributed by atoms with Crippen molar-refractivity contribution < 1.29 is 10.2 Å².